The van der Waals surface area contributed by atoms with Crippen molar-refractivity contribution in [3.63, 3.8) is 0 Å². The van der Waals surface area contributed by atoms with Gasteiger partial charge >= 0.3 is 0 Å². The first-order valence-electron chi connectivity index (χ1n) is 7.20. The van der Waals surface area contributed by atoms with Crippen LogP contribution in [0.3, 0.4) is 0 Å². The number of halogens is 1. The molecule has 0 saturated carbocycles. The third-order valence-corrected chi connectivity index (χ3v) is 5.05. The lowest BCUT2D eigenvalue weighted by molar-refractivity contribution is 0.0810. The highest BCUT2D eigenvalue weighted by atomic mass is 32.1. The van der Waals surface area contributed by atoms with E-state index in [-0.39, 0.29) is 11.7 Å². The van der Waals surface area contributed by atoms with E-state index >= 15 is 0 Å². The standard InChI is InChI=1S/C16H19FN2OS/c1-11(16(20)14-3-2-13(17)8-18-14)9-19-6-4-15-12(10-19)5-7-21-15/h2-3,5,7-8,11,16,20H,4,6,9-10H2,1H3. The van der Waals surface area contributed by atoms with Crippen molar-refractivity contribution in [3.05, 3.63) is 51.7 Å². The number of aromatic nitrogens is 1. The van der Waals surface area contributed by atoms with Gasteiger partial charge in [-0.05, 0) is 35.6 Å². The van der Waals surface area contributed by atoms with Crippen LogP contribution in [0.15, 0.2) is 29.8 Å². The highest BCUT2D eigenvalue weighted by molar-refractivity contribution is 7.10. The molecule has 5 heteroatoms. The lowest BCUT2D eigenvalue weighted by Gasteiger charge is -2.30. The summed E-state index contributed by atoms with van der Waals surface area (Å²) in [4.78, 5) is 7.83. The summed E-state index contributed by atoms with van der Waals surface area (Å²) >= 11 is 1.83. The highest BCUT2D eigenvalue weighted by Crippen LogP contribution is 2.27. The van der Waals surface area contributed by atoms with Gasteiger partial charge in [0.25, 0.3) is 0 Å². The maximum Gasteiger partial charge on any atom is 0.141 e. The van der Waals surface area contributed by atoms with Crippen molar-refractivity contribution in [2.24, 2.45) is 5.92 Å². The third kappa shape index (κ3) is 3.31. The zero-order valence-electron chi connectivity index (χ0n) is 12.0. The van der Waals surface area contributed by atoms with E-state index in [1.54, 1.807) is 6.07 Å². The van der Waals surface area contributed by atoms with Crippen molar-refractivity contribution in [3.8, 4) is 0 Å². The van der Waals surface area contributed by atoms with Gasteiger partial charge in [0, 0.05) is 30.4 Å². The Morgan fingerprint density at radius 1 is 1.43 bits per heavy atom. The van der Waals surface area contributed by atoms with Crippen LogP contribution in [0.4, 0.5) is 4.39 Å². The Balaban J connectivity index is 1.61. The molecule has 2 aromatic heterocycles. The van der Waals surface area contributed by atoms with Gasteiger partial charge < -0.3 is 5.11 Å². The van der Waals surface area contributed by atoms with E-state index in [1.165, 1.54) is 16.5 Å². The first-order chi connectivity index (χ1) is 10.1. The molecule has 112 valence electrons. The first-order valence-corrected chi connectivity index (χ1v) is 8.08. The van der Waals surface area contributed by atoms with Gasteiger partial charge in [0.2, 0.25) is 0 Å². The molecule has 3 rings (SSSR count). The van der Waals surface area contributed by atoms with Crippen molar-refractivity contribution < 1.29 is 9.50 Å². The first kappa shape index (κ1) is 14.6. The van der Waals surface area contributed by atoms with Crippen molar-refractivity contribution in [2.45, 2.75) is 26.0 Å². The Labute approximate surface area is 128 Å². The molecule has 2 atom stereocenters. The van der Waals surface area contributed by atoms with Crippen LogP contribution in [-0.2, 0) is 13.0 Å². The lowest BCUT2D eigenvalue weighted by Crippen LogP contribution is -2.35. The minimum Gasteiger partial charge on any atom is -0.386 e. The van der Waals surface area contributed by atoms with Gasteiger partial charge in [0.05, 0.1) is 18.0 Å². The van der Waals surface area contributed by atoms with Gasteiger partial charge in [-0.2, -0.15) is 0 Å². The number of nitrogens with zero attached hydrogens (tertiary/aromatic N) is 2. The topological polar surface area (TPSA) is 36.4 Å². The molecule has 21 heavy (non-hydrogen) atoms. The van der Waals surface area contributed by atoms with E-state index in [0.29, 0.717) is 5.69 Å². The second-order valence-electron chi connectivity index (χ2n) is 5.68. The number of pyridine rings is 1. The molecule has 0 spiro atoms. The van der Waals surface area contributed by atoms with Crippen LogP contribution in [0.2, 0.25) is 0 Å². The predicted octanol–water partition coefficient (Wildman–Crippen LogP) is 3.01. The summed E-state index contributed by atoms with van der Waals surface area (Å²) in [5, 5.41) is 12.5. The van der Waals surface area contributed by atoms with Gasteiger partial charge in [0.15, 0.2) is 0 Å². The average molecular weight is 306 g/mol. The van der Waals surface area contributed by atoms with Gasteiger partial charge in [-0.15, -0.1) is 11.3 Å². The fourth-order valence-corrected chi connectivity index (χ4v) is 3.71. The van der Waals surface area contributed by atoms with Crippen LogP contribution in [0.25, 0.3) is 0 Å². The SMILES string of the molecule is CC(CN1CCc2sccc2C1)C(O)c1ccc(F)cn1. The summed E-state index contributed by atoms with van der Waals surface area (Å²) in [7, 11) is 0. The Kier molecular flexibility index (Phi) is 4.33. The smallest absolute Gasteiger partial charge is 0.141 e. The molecular formula is C16H19FN2OS. The average Bonchev–Trinajstić information content (AvgIpc) is 2.95. The molecular weight excluding hydrogens is 287 g/mol. The highest BCUT2D eigenvalue weighted by Gasteiger charge is 2.23. The number of hydrogen-bond acceptors (Lipinski definition) is 4. The fourth-order valence-electron chi connectivity index (χ4n) is 2.82. The Hall–Kier alpha value is -1.30. The largest absolute Gasteiger partial charge is 0.386 e. The van der Waals surface area contributed by atoms with E-state index in [1.807, 2.05) is 18.3 Å². The third-order valence-electron chi connectivity index (χ3n) is 4.03. The molecule has 3 nitrogen and oxygen atoms in total. The van der Waals surface area contributed by atoms with Crippen LogP contribution < -0.4 is 0 Å². The molecule has 3 heterocycles. The van der Waals surface area contributed by atoms with Crippen molar-refractivity contribution in [1.29, 1.82) is 0 Å². The fraction of sp³-hybridized carbons (Fsp3) is 0.438. The molecule has 0 saturated heterocycles. The van der Waals surface area contributed by atoms with Gasteiger partial charge in [0.1, 0.15) is 5.82 Å². The molecule has 0 fully saturated rings. The van der Waals surface area contributed by atoms with Gasteiger partial charge in [-0.3, -0.25) is 9.88 Å². The normalized spacial score (nSPS) is 18.2. The summed E-state index contributed by atoms with van der Waals surface area (Å²) in [5.41, 5.74) is 1.95. The molecule has 2 unspecified atom stereocenters. The summed E-state index contributed by atoms with van der Waals surface area (Å²) in [6, 6.07) is 5.09. The van der Waals surface area contributed by atoms with E-state index in [4.69, 9.17) is 0 Å². The summed E-state index contributed by atoms with van der Waals surface area (Å²) < 4.78 is 12.9. The molecule has 0 aromatic carbocycles. The zero-order valence-corrected chi connectivity index (χ0v) is 12.8. The lowest BCUT2D eigenvalue weighted by atomic mass is 9.99. The van der Waals surface area contributed by atoms with Crippen LogP contribution in [0.1, 0.15) is 29.2 Å². The molecule has 1 N–H and O–H groups in total. The Morgan fingerprint density at radius 3 is 3.05 bits per heavy atom. The number of aliphatic hydroxyl groups is 1. The molecule has 1 aliphatic heterocycles. The van der Waals surface area contributed by atoms with Crippen LogP contribution >= 0.6 is 11.3 Å². The van der Waals surface area contributed by atoms with E-state index in [2.05, 4.69) is 21.3 Å². The van der Waals surface area contributed by atoms with E-state index in [9.17, 15) is 9.50 Å². The summed E-state index contributed by atoms with van der Waals surface area (Å²) in [6.07, 6.45) is 1.59. The second kappa shape index (κ2) is 6.22. The van der Waals surface area contributed by atoms with Crippen molar-refractivity contribution in [2.75, 3.05) is 13.1 Å². The predicted molar refractivity (Wildman–Crippen MR) is 81.6 cm³/mol. The van der Waals surface area contributed by atoms with Gasteiger partial charge in [-0.25, -0.2) is 4.39 Å². The van der Waals surface area contributed by atoms with Crippen molar-refractivity contribution >= 4 is 11.3 Å². The maximum atomic E-state index is 12.9. The molecule has 0 aliphatic carbocycles. The quantitative estimate of drug-likeness (QED) is 0.943. The summed E-state index contributed by atoms with van der Waals surface area (Å²) in [6.45, 7) is 4.81. The molecule has 0 bridgehead atoms. The number of aliphatic hydroxyl groups excluding tert-OH is 1. The maximum absolute atomic E-state index is 12.9. The molecule has 0 amide bonds. The minimum absolute atomic E-state index is 0.0585. The van der Waals surface area contributed by atoms with Gasteiger partial charge in [-0.1, -0.05) is 6.92 Å². The summed E-state index contributed by atoms with van der Waals surface area (Å²) in [5.74, 6) is -0.317. The zero-order chi connectivity index (χ0) is 14.8. The number of rotatable bonds is 4. The van der Waals surface area contributed by atoms with Crippen LogP contribution in [0.5, 0.6) is 0 Å². The molecule has 2 aromatic rings. The Morgan fingerprint density at radius 2 is 2.29 bits per heavy atom. The monoisotopic (exact) mass is 306 g/mol. The van der Waals surface area contributed by atoms with Crippen molar-refractivity contribution in [1.82, 2.24) is 9.88 Å². The van der Waals surface area contributed by atoms with Crippen LogP contribution in [0, 0.1) is 11.7 Å². The number of hydrogen-bond donors (Lipinski definition) is 1. The minimum atomic E-state index is -0.658. The van der Waals surface area contributed by atoms with E-state index in [0.717, 1.165) is 32.3 Å². The molecule has 1 aliphatic rings. The Bertz CT molecular complexity index is 599. The molecule has 0 radical (unpaired) electrons. The second-order valence-corrected chi connectivity index (χ2v) is 6.68. The van der Waals surface area contributed by atoms with E-state index < -0.39 is 6.10 Å². The number of fused-ring (bicyclic) bond motifs is 1. The van der Waals surface area contributed by atoms with Crippen LogP contribution in [-0.4, -0.2) is 28.1 Å². The number of thiophene rings is 1.